The molecule has 2 aromatic carbocycles. The van der Waals surface area contributed by atoms with Gasteiger partial charge in [-0.25, -0.2) is 0 Å². The van der Waals surface area contributed by atoms with E-state index in [1.54, 1.807) is 0 Å². The molecule has 1 nitrogen and oxygen atoms in total. The molecule has 2 rings (SSSR count). The number of ether oxygens (including phenoxy) is 1. The quantitative estimate of drug-likeness (QED) is 0.479. The van der Waals surface area contributed by atoms with Crippen molar-refractivity contribution >= 4 is 43.5 Å². The molecule has 1 atom stereocenters. The van der Waals surface area contributed by atoms with E-state index in [1.165, 1.54) is 5.56 Å². The lowest BCUT2D eigenvalue weighted by Crippen LogP contribution is -1.99. The third-order valence-corrected chi connectivity index (χ3v) is 5.34. The first-order valence-corrected chi connectivity index (χ1v) is 8.94. The minimum Gasteiger partial charge on any atom is -0.492 e. The second kappa shape index (κ2) is 7.66. The Bertz CT molecular complexity index is 628. The van der Waals surface area contributed by atoms with Crippen LogP contribution in [0.25, 0.3) is 0 Å². The van der Waals surface area contributed by atoms with E-state index in [-0.39, 0.29) is 4.83 Å². The minimum atomic E-state index is 0.104. The van der Waals surface area contributed by atoms with Crippen LogP contribution in [0.2, 0.25) is 5.02 Å². The van der Waals surface area contributed by atoms with Gasteiger partial charge in [-0.05, 0) is 64.2 Å². The maximum absolute atomic E-state index is 6.21. The van der Waals surface area contributed by atoms with Gasteiger partial charge in [-0.2, -0.15) is 0 Å². The largest absolute Gasteiger partial charge is 0.492 e. The normalized spacial score (nSPS) is 12.2. The zero-order chi connectivity index (χ0) is 15.4. The van der Waals surface area contributed by atoms with Crippen molar-refractivity contribution in [2.45, 2.75) is 25.1 Å². The van der Waals surface area contributed by atoms with Crippen molar-refractivity contribution in [1.82, 2.24) is 0 Å². The van der Waals surface area contributed by atoms with Crippen LogP contribution in [0, 0.1) is 6.92 Å². The number of halogens is 3. The van der Waals surface area contributed by atoms with Crippen LogP contribution in [0.15, 0.2) is 40.9 Å². The van der Waals surface area contributed by atoms with Gasteiger partial charge in [-0.3, -0.25) is 0 Å². The molecule has 0 aliphatic rings. The number of hydrogen-bond donors (Lipinski definition) is 0. The van der Waals surface area contributed by atoms with Gasteiger partial charge in [0.1, 0.15) is 5.75 Å². The fourth-order valence-corrected chi connectivity index (χ4v) is 3.56. The van der Waals surface area contributed by atoms with Crippen LogP contribution in [0.4, 0.5) is 0 Å². The molecular weight excluding hydrogens is 415 g/mol. The van der Waals surface area contributed by atoms with Crippen molar-refractivity contribution in [2.24, 2.45) is 0 Å². The molecule has 4 heteroatoms. The van der Waals surface area contributed by atoms with Gasteiger partial charge in [-0.15, -0.1) is 0 Å². The summed E-state index contributed by atoms with van der Waals surface area (Å²) in [6.45, 7) is 4.86. The number of rotatable bonds is 5. The van der Waals surface area contributed by atoms with Gasteiger partial charge in [0.2, 0.25) is 0 Å². The van der Waals surface area contributed by atoms with Crippen LogP contribution in [-0.2, 0) is 0 Å². The van der Waals surface area contributed by atoms with Gasteiger partial charge in [-0.1, -0.05) is 52.7 Å². The molecule has 0 saturated carbocycles. The van der Waals surface area contributed by atoms with E-state index in [2.05, 4.69) is 57.0 Å². The second-order valence-electron chi connectivity index (χ2n) is 4.85. The van der Waals surface area contributed by atoms with Gasteiger partial charge in [0, 0.05) is 5.02 Å². The number of benzene rings is 2. The Morgan fingerprint density at radius 1 is 1.24 bits per heavy atom. The van der Waals surface area contributed by atoms with Crippen molar-refractivity contribution in [3.8, 4) is 5.75 Å². The Balaban J connectivity index is 2.29. The lowest BCUT2D eigenvalue weighted by molar-refractivity contribution is 0.315. The topological polar surface area (TPSA) is 9.23 Å². The molecule has 0 aromatic heterocycles. The summed E-state index contributed by atoms with van der Waals surface area (Å²) in [7, 11) is 0. The summed E-state index contributed by atoms with van der Waals surface area (Å²) < 4.78 is 6.66. The van der Waals surface area contributed by atoms with Gasteiger partial charge in [0.25, 0.3) is 0 Å². The van der Waals surface area contributed by atoms with Gasteiger partial charge in [0.05, 0.1) is 15.9 Å². The molecule has 0 bridgehead atoms. The first-order valence-electron chi connectivity index (χ1n) is 6.86. The van der Waals surface area contributed by atoms with E-state index in [1.807, 2.05) is 25.1 Å². The Kier molecular flexibility index (Phi) is 6.15. The summed E-state index contributed by atoms with van der Waals surface area (Å²) in [5.41, 5.74) is 3.44. The molecule has 112 valence electrons. The van der Waals surface area contributed by atoms with E-state index in [0.717, 1.165) is 39.4 Å². The van der Waals surface area contributed by atoms with Crippen LogP contribution in [0.3, 0.4) is 0 Å². The Hall–Kier alpha value is -0.510. The molecular formula is C17H17Br2ClO. The van der Waals surface area contributed by atoms with E-state index >= 15 is 0 Å². The highest BCUT2D eigenvalue weighted by Crippen LogP contribution is 2.38. The average Bonchev–Trinajstić information content (AvgIpc) is 2.48. The number of hydrogen-bond acceptors (Lipinski definition) is 1. The monoisotopic (exact) mass is 430 g/mol. The Morgan fingerprint density at radius 3 is 2.67 bits per heavy atom. The standard InChI is InChI=1S/C17H17Br2ClO/c1-3-9-21-16-8-7-12(10-14(16)18)17(19)13-5-4-6-15(20)11(13)2/h4-8,10,17H,3,9H2,1-2H3. The second-order valence-corrected chi connectivity index (χ2v) is 7.03. The average molecular weight is 433 g/mol. The van der Waals surface area contributed by atoms with Crippen LogP contribution in [-0.4, -0.2) is 6.61 Å². The van der Waals surface area contributed by atoms with Crippen molar-refractivity contribution in [3.05, 3.63) is 62.6 Å². The summed E-state index contributed by atoms with van der Waals surface area (Å²) in [6.07, 6.45) is 0.997. The van der Waals surface area contributed by atoms with Crippen LogP contribution in [0.1, 0.15) is 34.9 Å². The summed E-state index contributed by atoms with van der Waals surface area (Å²) in [5.74, 6) is 0.878. The fourth-order valence-electron chi connectivity index (χ4n) is 2.08. The zero-order valence-electron chi connectivity index (χ0n) is 12.0. The molecule has 0 spiro atoms. The smallest absolute Gasteiger partial charge is 0.133 e. The van der Waals surface area contributed by atoms with Gasteiger partial charge in [0.15, 0.2) is 0 Å². The maximum atomic E-state index is 6.21. The fraction of sp³-hybridized carbons (Fsp3) is 0.294. The van der Waals surface area contributed by atoms with E-state index in [4.69, 9.17) is 16.3 Å². The van der Waals surface area contributed by atoms with Crippen molar-refractivity contribution in [3.63, 3.8) is 0 Å². The van der Waals surface area contributed by atoms with Crippen LogP contribution in [0.5, 0.6) is 5.75 Å². The Morgan fingerprint density at radius 2 is 2.00 bits per heavy atom. The molecule has 0 heterocycles. The van der Waals surface area contributed by atoms with Crippen LogP contribution >= 0.6 is 43.5 Å². The predicted molar refractivity (Wildman–Crippen MR) is 96.9 cm³/mol. The van der Waals surface area contributed by atoms with Crippen molar-refractivity contribution in [2.75, 3.05) is 6.61 Å². The molecule has 0 N–H and O–H groups in total. The van der Waals surface area contributed by atoms with Crippen LogP contribution < -0.4 is 4.74 Å². The first-order chi connectivity index (χ1) is 10.0. The predicted octanol–water partition coefficient (Wildman–Crippen LogP) is 6.68. The Labute approximate surface area is 147 Å². The third kappa shape index (κ3) is 4.02. The molecule has 1 unspecified atom stereocenters. The van der Waals surface area contributed by atoms with Gasteiger partial charge < -0.3 is 4.74 Å². The van der Waals surface area contributed by atoms with Crippen molar-refractivity contribution < 1.29 is 4.74 Å². The molecule has 0 aliphatic carbocycles. The molecule has 0 radical (unpaired) electrons. The lowest BCUT2D eigenvalue weighted by atomic mass is 10.0. The lowest BCUT2D eigenvalue weighted by Gasteiger charge is -2.16. The summed E-state index contributed by atoms with van der Waals surface area (Å²) in [6, 6.07) is 12.2. The third-order valence-electron chi connectivity index (χ3n) is 3.29. The highest BCUT2D eigenvalue weighted by atomic mass is 79.9. The molecule has 21 heavy (non-hydrogen) atoms. The highest BCUT2D eigenvalue weighted by molar-refractivity contribution is 9.10. The summed E-state index contributed by atoms with van der Waals surface area (Å²) in [4.78, 5) is 0.104. The summed E-state index contributed by atoms with van der Waals surface area (Å²) in [5, 5.41) is 0.791. The summed E-state index contributed by atoms with van der Waals surface area (Å²) >= 11 is 13.6. The van der Waals surface area contributed by atoms with Crippen molar-refractivity contribution in [1.29, 1.82) is 0 Å². The minimum absolute atomic E-state index is 0.104. The zero-order valence-corrected chi connectivity index (χ0v) is 15.9. The SMILES string of the molecule is CCCOc1ccc(C(Br)c2cccc(Cl)c2C)cc1Br. The highest BCUT2D eigenvalue weighted by Gasteiger charge is 2.15. The molecule has 0 saturated heterocycles. The van der Waals surface area contributed by atoms with Gasteiger partial charge >= 0.3 is 0 Å². The van der Waals surface area contributed by atoms with E-state index in [9.17, 15) is 0 Å². The number of alkyl halides is 1. The maximum Gasteiger partial charge on any atom is 0.133 e. The first kappa shape index (κ1) is 16.9. The van der Waals surface area contributed by atoms with E-state index < -0.39 is 0 Å². The molecule has 0 aliphatic heterocycles. The van der Waals surface area contributed by atoms with E-state index in [0.29, 0.717) is 0 Å². The molecule has 0 amide bonds. The molecule has 2 aromatic rings. The molecule has 0 fully saturated rings.